The van der Waals surface area contributed by atoms with Gasteiger partial charge < -0.3 is 20.3 Å². The molecule has 11 heteroatoms. The standard InChI is InChI=1S/C19H31N7O4/c1-3-5-7-20-18(21-8-6-4-2)25-19-23-16-15(17(29)24-19)22-11-26(16)14-9-12(28)13(10-27)30-14/h11-14,27-28H,3-10H2,1-2H3,(H3,20,21,23,24,25,29)/t12?,13-,14-/m1/s1. The number of hydrogen-bond donors (Lipinski definition) is 5. The van der Waals surface area contributed by atoms with Crippen molar-refractivity contribution in [2.24, 2.45) is 4.99 Å². The van der Waals surface area contributed by atoms with Gasteiger partial charge >= 0.3 is 0 Å². The predicted molar refractivity (Wildman–Crippen MR) is 114 cm³/mol. The summed E-state index contributed by atoms with van der Waals surface area (Å²) in [4.78, 5) is 28.4. The highest BCUT2D eigenvalue weighted by Gasteiger charge is 2.35. The number of unbranched alkanes of at least 4 members (excludes halogenated alkanes) is 2. The van der Waals surface area contributed by atoms with Gasteiger partial charge in [-0.1, -0.05) is 26.7 Å². The first kappa shape index (κ1) is 22.2. The monoisotopic (exact) mass is 421 g/mol. The Morgan fingerprint density at radius 2 is 2.20 bits per heavy atom. The van der Waals surface area contributed by atoms with Gasteiger partial charge in [-0.25, -0.2) is 4.98 Å². The van der Waals surface area contributed by atoms with Crippen LogP contribution in [0.5, 0.6) is 0 Å². The van der Waals surface area contributed by atoms with E-state index < -0.39 is 18.4 Å². The first-order valence-electron chi connectivity index (χ1n) is 10.5. The minimum Gasteiger partial charge on any atom is -0.394 e. The lowest BCUT2D eigenvalue weighted by Crippen LogP contribution is -2.33. The minimum atomic E-state index is -0.794. The van der Waals surface area contributed by atoms with Crippen molar-refractivity contribution in [3.05, 3.63) is 16.7 Å². The highest BCUT2D eigenvalue weighted by Crippen LogP contribution is 2.30. The number of rotatable bonds is 9. The number of aliphatic hydroxyl groups is 2. The van der Waals surface area contributed by atoms with Crippen LogP contribution in [0.4, 0.5) is 5.95 Å². The Morgan fingerprint density at radius 1 is 1.40 bits per heavy atom. The molecule has 2 aromatic heterocycles. The highest BCUT2D eigenvalue weighted by atomic mass is 16.5. The second kappa shape index (κ2) is 10.5. The Kier molecular flexibility index (Phi) is 7.77. The number of ether oxygens (including phenoxy) is 1. The molecule has 2 aromatic rings. The molecule has 0 aliphatic carbocycles. The number of anilines is 1. The molecule has 0 spiro atoms. The molecule has 1 fully saturated rings. The summed E-state index contributed by atoms with van der Waals surface area (Å²) < 4.78 is 7.29. The van der Waals surface area contributed by atoms with Gasteiger partial charge in [0.1, 0.15) is 12.3 Å². The molecule has 1 aliphatic rings. The largest absolute Gasteiger partial charge is 0.394 e. The van der Waals surface area contributed by atoms with Crippen LogP contribution in [0.2, 0.25) is 0 Å². The molecule has 0 saturated carbocycles. The van der Waals surface area contributed by atoms with Crippen molar-refractivity contribution in [3.63, 3.8) is 0 Å². The molecule has 1 unspecified atom stereocenters. The molecule has 3 atom stereocenters. The van der Waals surface area contributed by atoms with Crippen LogP contribution in [-0.2, 0) is 4.74 Å². The summed E-state index contributed by atoms with van der Waals surface area (Å²) in [7, 11) is 0. The number of nitrogens with zero attached hydrogens (tertiary/aromatic N) is 4. The van der Waals surface area contributed by atoms with Gasteiger partial charge in [0.05, 0.1) is 19.0 Å². The van der Waals surface area contributed by atoms with Crippen LogP contribution in [0.15, 0.2) is 16.1 Å². The third kappa shape index (κ3) is 5.15. The third-order valence-corrected chi connectivity index (χ3v) is 4.97. The molecule has 3 rings (SSSR count). The normalized spacial score (nSPS) is 22.0. The number of guanidine groups is 1. The second-order valence-electron chi connectivity index (χ2n) is 7.34. The molecule has 30 heavy (non-hydrogen) atoms. The van der Waals surface area contributed by atoms with Gasteiger partial charge in [0.15, 0.2) is 17.1 Å². The summed E-state index contributed by atoms with van der Waals surface area (Å²) in [6.07, 6.45) is 3.75. The molecule has 0 radical (unpaired) electrons. The first-order chi connectivity index (χ1) is 14.6. The maximum absolute atomic E-state index is 12.5. The number of aromatic nitrogens is 4. The van der Waals surface area contributed by atoms with Gasteiger partial charge in [-0.2, -0.15) is 4.98 Å². The zero-order valence-corrected chi connectivity index (χ0v) is 17.5. The molecule has 0 amide bonds. The van der Waals surface area contributed by atoms with Crippen LogP contribution in [0.3, 0.4) is 0 Å². The first-order valence-corrected chi connectivity index (χ1v) is 10.5. The maximum Gasteiger partial charge on any atom is 0.280 e. The van der Waals surface area contributed by atoms with E-state index in [9.17, 15) is 15.0 Å². The molecular weight excluding hydrogens is 390 g/mol. The molecule has 0 bridgehead atoms. The SMILES string of the molecule is CCCCN=C(NCCCC)Nc1nc2c(ncn2[C@H]2CC(O)[C@@H](CO)O2)c(=O)[nH]1. The smallest absolute Gasteiger partial charge is 0.280 e. The van der Waals surface area contributed by atoms with Crippen molar-refractivity contribution < 1.29 is 14.9 Å². The van der Waals surface area contributed by atoms with E-state index in [4.69, 9.17) is 4.74 Å². The van der Waals surface area contributed by atoms with Gasteiger partial charge in [-0.05, 0) is 12.8 Å². The molecule has 3 heterocycles. The quantitative estimate of drug-likeness (QED) is 0.226. The van der Waals surface area contributed by atoms with Crippen molar-refractivity contribution in [2.45, 2.75) is 64.4 Å². The fourth-order valence-electron chi connectivity index (χ4n) is 3.23. The summed E-state index contributed by atoms with van der Waals surface area (Å²) in [5.74, 6) is 0.795. The van der Waals surface area contributed by atoms with Crippen LogP contribution in [-0.4, -0.2) is 67.6 Å². The molecular formula is C19H31N7O4. The van der Waals surface area contributed by atoms with Crippen LogP contribution >= 0.6 is 0 Å². The van der Waals surface area contributed by atoms with Crippen LogP contribution in [0, 0.1) is 0 Å². The van der Waals surface area contributed by atoms with Crippen molar-refractivity contribution in [2.75, 3.05) is 25.0 Å². The van der Waals surface area contributed by atoms with Crippen molar-refractivity contribution in [1.29, 1.82) is 0 Å². The van der Waals surface area contributed by atoms with E-state index in [1.165, 1.54) is 6.33 Å². The van der Waals surface area contributed by atoms with Gasteiger partial charge in [0.25, 0.3) is 5.56 Å². The fraction of sp³-hybridized carbons (Fsp3) is 0.684. The molecule has 166 valence electrons. The number of hydrogen-bond acceptors (Lipinski definition) is 7. The van der Waals surface area contributed by atoms with Crippen molar-refractivity contribution in [3.8, 4) is 0 Å². The zero-order chi connectivity index (χ0) is 21.5. The minimum absolute atomic E-state index is 0.175. The summed E-state index contributed by atoms with van der Waals surface area (Å²) in [6, 6.07) is 0. The zero-order valence-electron chi connectivity index (χ0n) is 17.5. The average Bonchev–Trinajstić information content (AvgIpc) is 3.31. The lowest BCUT2D eigenvalue weighted by molar-refractivity contribution is -0.0432. The lowest BCUT2D eigenvalue weighted by Gasteiger charge is -2.14. The van der Waals surface area contributed by atoms with E-state index in [1.807, 2.05) is 0 Å². The van der Waals surface area contributed by atoms with E-state index in [2.05, 4.69) is 44.4 Å². The second-order valence-corrected chi connectivity index (χ2v) is 7.34. The van der Waals surface area contributed by atoms with Crippen LogP contribution in [0.1, 0.15) is 52.2 Å². The van der Waals surface area contributed by atoms with Crippen LogP contribution < -0.4 is 16.2 Å². The summed E-state index contributed by atoms with van der Waals surface area (Å²) in [6.45, 7) is 5.35. The summed E-state index contributed by atoms with van der Waals surface area (Å²) in [5.41, 5.74) is 0.118. The van der Waals surface area contributed by atoms with Gasteiger partial charge in [0.2, 0.25) is 5.95 Å². The van der Waals surface area contributed by atoms with E-state index in [0.717, 1.165) is 32.2 Å². The molecule has 1 saturated heterocycles. The van der Waals surface area contributed by atoms with Crippen molar-refractivity contribution in [1.82, 2.24) is 24.8 Å². The molecule has 11 nitrogen and oxygen atoms in total. The van der Waals surface area contributed by atoms with E-state index in [1.54, 1.807) is 4.57 Å². The maximum atomic E-state index is 12.5. The number of aliphatic hydroxyl groups excluding tert-OH is 2. The predicted octanol–water partition coefficient (Wildman–Crippen LogP) is 0.718. The number of imidazole rings is 1. The highest BCUT2D eigenvalue weighted by molar-refractivity contribution is 5.92. The van der Waals surface area contributed by atoms with Crippen molar-refractivity contribution >= 4 is 23.1 Å². The lowest BCUT2D eigenvalue weighted by atomic mass is 10.2. The number of aliphatic imine (C=N–C) groups is 1. The Labute approximate surface area is 174 Å². The van der Waals surface area contributed by atoms with Crippen LogP contribution in [0.25, 0.3) is 11.2 Å². The summed E-state index contributed by atoms with van der Waals surface area (Å²) >= 11 is 0. The number of H-pyrrole nitrogens is 1. The Bertz CT molecular complexity index is 910. The van der Waals surface area contributed by atoms with E-state index in [0.29, 0.717) is 18.2 Å². The van der Waals surface area contributed by atoms with Gasteiger partial charge in [-0.15, -0.1) is 0 Å². The fourth-order valence-corrected chi connectivity index (χ4v) is 3.23. The number of nitrogens with one attached hydrogen (secondary N) is 3. The Hall–Kier alpha value is -2.50. The van der Waals surface area contributed by atoms with E-state index in [-0.39, 0.29) is 30.1 Å². The number of aromatic amines is 1. The van der Waals surface area contributed by atoms with Gasteiger partial charge in [0, 0.05) is 19.5 Å². The summed E-state index contributed by atoms with van der Waals surface area (Å²) in [5, 5.41) is 25.7. The third-order valence-electron chi connectivity index (χ3n) is 4.97. The molecule has 5 N–H and O–H groups in total. The molecule has 0 aromatic carbocycles. The number of fused-ring (bicyclic) bond motifs is 1. The Balaban J connectivity index is 1.85. The Morgan fingerprint density at radius 3 is 2.90 bits per heavy atom. The molecule has 1 aliphatic heterocycles. The van der Waals surface area contributed by atoms with E-state index >= 15 is 0 Å². The topological polar surface area (TPSA) is 150 Å². The average molecular weight is 422 g/mol. The van der Waals surface area contributed by atoms with Gasteiger partial charge in [-0.3, -0.25) is 24.7 Å².